The molecule has 0 fully saturated rings. The number of hydrogen-bond acceptors (Lipinski definition) is 1. The number of carbonyl (C=O) groups is 1. The lowest BCUT2D eigenvalue weighted by atomic mass is 10.8. The molecule has 1 N–H and O–H groups in total. The van der Waals surface area contributed by atoms with Crippen LogP contribution >= 0.6 is 43.5 Å². The zero-order chi connectivity index (χ0) is 6.08. The fourth-order valence-corrected chi connectivity index (χ4v) is 0. The molecule has 42 valence electrons. The number of aliphatic carboxylic acids is 1. The predicted octanol–water partition coefficient (Wildman–Crippen LogP) is 1.75. The van der Waals surface area contributed by atoms with E-state index >= 15 is 0 Å². The van der Waals surface area contributed by atoms with Crippen molar-refractivity contribution < 1.29 is 9.90 Å². The number of halogens is 3. The van der Waals surface area contributed by atoms with Gasteiger partial charge in [0.2, 0.25) is 2.69 Å². The largest absolute Gasteiger partial charge is 0.479 e. The summed E-state index contributed by atoms with van der Waals surface area (Å²) < 4.78 is -1.49. The van der Waals surface area contributed by atoms with Gasteiger partial charge in [0.15, 0.2) is 0 Å². The first-order valence-corrected chi connectivity index (χ1v) is 3.21. The predicted molar refractivity (Wildman–Crippen MR) is 34.1 cm³/mol. The van der Waals surface area contributed by atoms with E-state index in [0.717, 1.165) is 0 Å². The molecule has 0 atom stereocenters. The Morgan fingerprint density at radius 2 is 1.86 bits per heavy atom. The second kappa shape index (κ2) is 2.33. The molecule has 0 unspecified atom stereocenters. The van der Waals surface area contributed by atoms with Crippen molar-refractivity contribution >= 4 is 49.4 Å². The Morgan fingerprint density at radius 3 is 1.86 bits per heavy atom. The molecule has 0 radical (unpaired) electrons. The zero-order valence-corrected chi connectivity index (χ0v) is 6.92. The van der Waals surface area contributed by atoms with Crippen molar-refractivity contribution in [3.8, 4) is 0 Å². The summed E-state index contributed by atoms with van der Waals surface area (Å²) in [5, 5.41) is 8.02. The van der Waals surface area contributed by atoms with Crippen LogP contribution in [0.15, 0.2) is 0 Å². The molecule has 0 heterocycles. The SMILES string of the molecule is O=C(O)C(Cl)(Br)Br. The summed E-state index contributed by atoms with van der Waals surface area (Å²) in [6.07, 6.45) is 0. The molecule has 7 heavy (non-hydrogen) atoms. The highest BCUT2D eigenvalue weighted by atomic mass is 79.9. The number of hydrogen-bond donors (Lipinski definition) is 1. The van der Waals surface area contributed by atoms with Crippen molar-refractivity contribution in [2.24, 2.45) is 0 Å². The minimum atomic E-state index is -1.49. The van der Waals surface area contributed by atoms with Crippen LogP contribution in [-0.2, 0) is 4.79 Å². The van der Waals surface area contributed by atoms with Crippen LogP contribution in [0.3, 0.4) is 0 Å². The molecule has 0 aliphatic carbocycles. The highest BCUT2D eigenvalue weighted by Crippen LogP contribution is 2.30. The molecule has 0 aromatic rings. The minimum Gasteiger partial charge on any atom is -0.479 e. The summed E-state index contributed by atoms with van der Waals surface area (Å²) in [7, 11) is 0. The molecule has 0 aromatic heterocycles. The van der Waals surface area contributed by atoms with Crippen molar-refractivity contribution in [3.63, 3.8) is 0 Å². The van der Waals surface area contributed by atoms with E-state index in [4.69, 9.17) is 16.7 Å². The van der Waals surface area contributed by atoms with Gasteiger partial charge in [-0.1, -0.05) is 11.6 Å². The quantitative estimate of drug-likeness (QED) is 0.722. The molecule has 0 amide bonds. The van der Waals surface area contributed by atoms with E-state index in [2.05, 4.69) is 31.9 Å². The molecule has 5 heteroatoms. The summed E-state index contributed by atoms with van der Waals surface area (Å²) in [6.45, 7) is 0. The third kappa shape index (κ3) is 3.32. The molecule has 0 aliphatic rings. The summed E-state index contributed by atoms with van der Waals surface area (Å²) in [4.78, 5) is 9.80. The normalized spacial score (nSPS) is 11.3. The molecular formula is C2HBr2ClO2. The van der Waals surface area contributed by atoms with Crippen molar-refractivity contribution in [1.82, 2.24) is 0 Å². The average Bonchev–Trinajstić information content (AvgIpc) is 1.31. The Bertz CT molecular complexity index is 86.2. The monoisotopic (exact) mass is 250 g/mol. The van der Waals surface area contributed by atoms with Crippen molar-refractivity contribution in [1.29, 1.82) is 0 Å². The third-order valence-corrected chi connectivity index (χ3v) is 1.08. The first kappa shape index (κ1) is 7.72. The summed E-state index contributed by atoms with van der Waals surface area (Å²) in [5.74, 6) is -1.16. The van der Waals surface area contributed by atoms with E-state index in [1.807, 2.05) is 0 Å². The van der Waals surface area contributed by atoms with E-state index in [1.54, 1.807) is 0 Å². The van der Waals surface area contributed by atoms with E-state index < -0.39 is 8.66 Å². The van der Waals surface area contributed by atoms with Crippen LogP contribution in [-0.4, -0.2) is 13.8 Å². The Labute approximate surface area is 62.1 Å². The second-order valence-corrected chi connectivity index (χ2v) is 5.73. The first-order valence-electron chi connectivity index (χ1n) is 1.24. The highest BCUT2D eigenvalue weighted by molar-refractivity contribution is 9.26. The first-order chi connectivity index (χ1) is 2.94. The molecule has 0 saturated carbocycles. The van der Waals surface area contributed by atoms with Gasteiger partial charge in [0.25, 0.3) is 0 Å². The summed E-state index contributed by atoms with van der Waals surface area (Å²) in [6, 6.07) is 0. The van der Waals surface area contributed by atoms with Crippen molar-refractivity contribution in [3.05, 3.63) is 0 Å². The average molecular weight is 252 g/mol. The lowest BCUT2D eigenvalue weighted by molar-refractivity contribution is -0.135. The molecule has 0 aliphatic heterocycles. The third-order valence-electron chi connectivity index (χ3n) is 0.243. The van der Waals surface area contributed by atoms with E-state index in [-0.39, 0.29) is 0 Å². The van der Waals surface area contributed by atoms with E-state index in [0.29, 0.717) is 0 Å². The van der Waals surface area contributed by atoms with Gasteiger partial charge < -0.3 is 5.11 Å². The lowest BCUT2D eigenvalue weighted by Crippen LogP contribution is -2.15. The standard InChI is InChI=1S/C2HBr2ClO2/c3-2(4,5)1(6)7/h(H,6,7). The molecule has 0 bridgehead atoms. The summed E-state index contributed by atoms with van der Waals surface area (Å²) >= 11 is 10.4. The number of rotatable bonds is 1. The molecule has 0 spiro atoms. The fraction of sp³-hybridized carbons (Fsp3) is 0.500. The number of carboxylic acids is 1. The van der Waals surface area contributed by atoms with Crippen LogP contribution in [0.5, 0.6) is 0 Å². The smallest absolute Gasteiger partial charge is 0.346 e. The van der Waals surface area contributed by atoms with Crippen molar-refractivity contribution in [2.75, 3.05) is 0 Å². The van der Waals surface area contributed by atoms with Gasteiger partial charge in [0, 0.05) is 0 Å². The Hall–Kier alpha value is 0.720. The fourth-order valence-electron chi connectivity index (χ4n) is 0. The van der Waals surface area contributed by atoms with Crippen LogP contribution in [0, 0.1) is 0 Å². The van der Waals surface area contributed by atoms with E-state index in [1.165, 1.54) is 0 Å². The highest BCUT2D eigenvalue weighted by Gasteiger charge is 2.27. The molecule has 2 nitrogen and oxygen atoms in total. The summed E-state index contributed by atoms with van der Waals surface area (Å²) in [5.41, 5.74) is 0. The van der Waals surface area contributed by atoms with E-state index in [9.17, 15) is 4.79 Å². The lowest BCUT2D eigenvalue weighted by Gasteiger charge is -2.00. The maximum atomic E-state index is 9.80. The maximum Gasteiger partial charge on any atom is 0.346 e. The van der Waals surface area contributed by atoms with Gasteiger partial charge in [-0.05, 0) is 31.9 Å². The molecule has 0 aromatic carbocycles. The zero-order valence-electron chi connectivity index (χ0n) is 2.99. The maximum absolute atomic E-state index is 9.80. The van der Waals surface area contributed by atoms with Gasteiger partial charge in [-0.3, -0.25) is 0 Å². The number of alkyl halides is 3. The van der Waals surface area contributed by atoms with Crippen LogP contribution in [0.2, 0.25) is 0 Å². The van der Waals surface area contributed by atoms with Crippen molar-refractivity contribution in [2.45, 2.75) is 2.69 Å². The van der Waals surface area contributed by atoms with Crippen LogP contribution in [0.1, 0.15) is 0 Å². The van der Waals surface area contributed by atoms with Gasteiger partial charge in [-0.2, -0.15) is 0 Å². The molecule has 0 saturated heterocycles. The Morgan fingerprint density at radius 1 is 1.71 bits per heavy atom. The number of carboxylic acid groups (broad SMARTS) is 1. The second-order valence-electron chi connectivity index (χ2n) is 0.803. The molecule has 0 rings (SSSR count). The molecular weight excluding hydrogens is 251 g/mol. The van der Waals surface area contributed by atoms with Gasteiger partial charge in [-0.15, -0.1) is 0 Å². The van der Waals surface area contributed by atoms with Gasteiger partial charge in [0.05, 0.1) is 0 Å². The van der Waals surface area contributed by atoms with Gasteiger partial charge >= 0.3 is 5.97 Å². The van der Waals surface area contributed by atoms with Gasteiger partial charge in [-0.25, -0.2) is 4.79 Å². The topological polar surface area (TPSA) is 37.3 Å². The van der Waals surface area contributed by atoms with Crippen LogP contribution < -0.4 is 0 Å². The minimum absolute atomic E-state index is 1.16. The Balaban J connectivity index is 3.79. The van der Waals surface area contributed by atoms with Crippen LogP contribution in [0.25, 0.3) is 0 Å². The van der Waals surface area contributed by atoms with Crippen LogP contribution in [0.4, 0.5) is 0 Å². The van der Waals surface area contributed by atoms with Gasteiger partial charge in [0.1, 0.15) is 0 Å². The Kier molecular flexibility index (Phi) is 2.57.